The Labute approximate surface area is 141 Å². The molecule has 3 aromatic rings. The van der Waals surface area contributed by atoms with E-state index in [0.29, 0.717) is 18.8 Å². The minimum Gasteiger partial charge on any atom is -0.367 e. The molecule has 4 rings (SSSR count). The van der Waals surface area contributed by atoms with Crippen molar-refractivity contribution in [2.75, 3.05) is 31.1 Å². The number of rotatable bonds is 2. The fourth-order valence-electron chi connectivity index (χ4n) is 2.86. The van der Waals surface area contributed by atoms with Crippen molar-refractivity contribution in [3.05, 3.63) is 52.2 Å². The second-order valence-corrected chi connectivity index (χ2v) is 6.46. The van der Waals surface area contributed by atoms with Crippen LogP contribution >= 0.6 is 11.3 Å². The van der Waals surface area contributed by atoms with Gasteiger partial charge in [0.2, 0.25) is 5.56 Å². The summed E-state index contributed by atoms with van der Waals surface area (Å²) in [6, 6.07) is 5.21. The number of amides is 1. The first-order valence-electron chi connectivity index (χ1n) is 7.63. The Morgan fingerprint density at radius 3 is 2.71 bits per heavy atom. The lowest BCUT2D eigenvalue weighted by Crippen LogP contribution is -2.49. The number of thiophene rings is 1. The van der Waals surface area contributed by atoms with E-state index >= 15 is 0 Å². The number of hydrogen-bond donors (Lipinski definition) is 1. The molecule has 1 aliphatic heterocycles. The summed E-state index contributed by atoms with van der Waals surface area (Å²) in [5.74, 6) is -0.0500. The number of fused-ring (bicyclic) bond motifs is 1. The second kappa shape index (κ2) is 6.04. The van der Waals surface area contributed by atoms with Crippen molar-refractivity contribution in [3.8, 4) is 0 Å². The molecule has 4 heterocycles. The Balaban J connectivity index is 1.49. The molecule has 7 nitrogen and oxygen atoms in total. The smallest absolute Gasteiger partial charge is 0.274 e. The van der Waals surface area contributed by atoms with Crippen molar-refractivity contribution in [2.24, 2.45) is 0 Å². The highest BCUT2D eigenvalue weighted by molar-refractivity contribution is 7.17. The molecule has 1 amide bonds. The predicted octanol–water partition coefficient (Wildman–Crippen LogP) is 1.34. The molecule has 1 aliphatic rings. The highest BCUT2D eigenvalue weighted by Crippen LogP contribution is 2.23. The largest absolute Gasteiger partial charge is 0.367 e. The standard InChI is InChI=1S/C16H15N5O2S/c22-13-2-1-11(9-17-13)20-4-6-21(7-5-20)16(23)14-15-12(3-8-24-15)18-10-19-14/h1-3,8-10H,4-7H2,(H,17,22). The number of aromatic amines is 1. The number of nitrogens with zero attached hydrogens (tertiary/aromatic N) is 4. The molecule has 0 radical (unpaired) electrons. The van der Waals surface area contributed by atoms with Crippen LogP contribution in [0.4, 0.5) is 5.69 Å². The van der Waals surface area contributed by atoms with Gasteiger partial charge >= 0.3 is 0 Å². The van der Waals surface area contributed by atoms with Crippen LogP contribution in [-0.2, 0) is 0 Å². The molecule has 0 aliphatic carbocycles. The van der Waals surface area contributed by atoms with Crippen LogP contribution in [-0.4, -0.2) is 51.9 Å². The maximum absolute atomic E-state index is 12.8. The number of nitrogens with one attached hydrogen (secondary N) is 1. The molecule has 0 bridgehead atoms. The molecule has 0 unspecified atom stereocenters. The average Bonchev–Trinajstić information content (AvgIpc) is 3.11. The number of H-pyrrole nitrogens is 1. The molecular formula is C16H15N5O2S. The van der Waals surface area contributed by atoms with E-state index in [-0.39, 0.29) is 11.5 Å². The summed E-state index contributed by atoms with van der Waals surface area (Å²) in [4.78, 5) is 39.0. The fraction of sp³-hybridized carbons (Fsp3) is 0.250. The van der Waals surface area contributed by atoms with Gasteiger partial charge in [0.1, 0.15) is 12.0 Å². The van der Waals surface area contributed by atoms with Crippen LogP contribution in [0.1, 0.15) is 10.5 Å². The van der Waals surface area contributed by atoms with Crippen molar-refractivity contribution < 1.29 is 4.79 Å². The molecule has 0 aromatic carbocycles. The summed E-state index contributed by atoms with van der Waals surface area (Å²) in [6.07, 6.45) is 3.15. The Bertz CT molecular complexity index is 922. The molecule has 122 valence electrons. The van der Waals surface area contributed by atoms with E-state index in [0.717, 1.165) is 29.0 Å². The SMILES string of the molecule is O=C(c1ncnc2ccsc12)N1CCN(c2ccc(=O)[nH]c2)CC1. The molecule has 1 N–H and O–H groups in total. The van der Waals surface area contributed by atoms with Crippen LogP contribution in [0.3, 0.4) is 0 Å². The predicted molar refractivity (Wildman–Crippen MR) is 92.6 cm³/mol. The van der Waals surface area contributed by atoms with Crippen molar-refractivity contribution in [1.29, 1.82) is 0 Å². The van der Waals surface area contributed by atoms with Gasteiger partial charge in [0, 0.05) is 38.4 Å². The third-order valence-corrected chi connectivity index (χ3v) is 5.06. The molecule has 3 aromatic heterocycles. The van der Waals surface area contributed by atoms with Gasteiger partial charge < -0.3 is 14.8 Å². The molecule has 0 spiro atoms. The lowest BCUT2D eigenvalue weighted by molar-refractivity contribution is 0.0743. The lowest BCUT2D eigenvalue weighted by atomic mass is 10.2. The summed E-state index contributed by atoms with van der Waals surface area (Å²) in [5, 5.41) is 1.92. The minimum atomic E-state index is -0.115. The van der Waals surface area contributed by atoms with Gasteiger partial charge in [0.05, 0.1) is 15.9 Å². The summed E-state index contributed by atoms with van der Waals surface area (Å²) in [6.45, 7) is 2.68. The number of carbonyl (C=O) groups is 1. The zero-order valence-electron chi connectivity index (χ0n) is 12.8. The number of piperazine rings is 1. The monoisotopic (exact) mass is 341 g/mol. The summed E-state index contributed by atoms with van der Waals surface area (Å²) in [7, 11) is 0. The number of hydrogen-bond acceptors (Lipinski definition) is 6. The highest BCUT2D eigenvalue weighted by atomic mass is 32.1. The maximum atomic E-state index is 12.8. The first-order valence-corrected chi connectivity index (χ1v) is 8.51. The average molecular weight is 341 g/mol. The number of aromatic nitrogens is 3. The molecule has 0 atom stereocenters. The zero-order valence-corrected chi connectivity index (χ0v) is 13.6. The first-order chi connectivity index (χ1) is 11.7. The van der Waals surface area contributed by atoms with Gasteiger partial charge in [-0.1, -0.05) is 0 Å². The third-order valence-electron chi connectivity index (χ3n) is 4.15. The van der Waals surface area contributed by atoms with Gasteiger partial charge in [0.25, 0.3) is 5.91 Å². The van der Waals surface area contributed by atoms with Crippen molar-refractivity contribution >= 4 is 33.1 Å². The van der Waals surface area contributed by atoms with E-state index in [1.807, 2.05) is 16.3 Å². The topological polar surface area (TPSA) is 82.2 Å². The highest BCUT2D eigenvalue weighted by Gasteiger charge is 2.25. The number of pyridine rings is 1. The maximum Gasteiger partial charge on any atom is 0.274 e. The molecule has 24 heavy (non-hydrogen) atoms. The number of anilines is 1. The zero-order chi connectivity index (χ0) is 16.5. The fourth-order valence-corrected chi connectivity index (χ4v) is 3.68. The Hall–Kier alpha value is -2.74. The van der Waals surface area contributed by atoms with Crippen LogP contribution in [0.2, 0.25) is 0 Å². The first kappa shape index (κ1) is 14.8. The van der Waals surface area contributed by atoms with Gasteiger partial charge in [-0.05, 0) is 17.5 Å². The van der Waals surface area contributed by atoms with Crippen molar-refractivity contribution in [1.82, 2.24) is 19.9 Å². The van der Waals surface area contributed by atoms with Gasteiger partial charge in [-0.25, -0.2) is 9.97 Å². The molecule has 0 saturated carbocycles. The summed E-state index contributed by atoms with van der Waals surface area (Å²) < 4.78 is 0.838. The van der Waals surface area contributed by atoms with Gasteiger partial charge in [-0.3, -0.25) is 9.59 Å². The van der Waals surface area contributed by atoms with E-state index in [4.69, 9.17) is 0 Å². The Morgan fingerprint density at radius 1 is 1.12 bits per heavy atom. The third kappa shape index (κ3) is 2.65. The van der Waals surface area contributed by atoms with E-state index in [1.165, 1.54) is 23.7 Å². The molecule has 1 fully saturated rings. The van der Waals surface area contributed by atoms with E-state index in [9.17, 15) is 9.59 Å². The quantitative estimate of drug-likeness (QED) is 0.761. The van der Waals surface area contributed by atoms with Crippen LogP contribution in [0.25, 0.3) is 10.2 Å². The van der Waals surface area contributed by atoms with Crippen molar-refractivity contribution in [3.63, 3.8) is 0 Å². The summed E-state index contributed by atoms with van der Waals surface area (Å²) in [5.41, 5.74) is 2.14. The van der Waals surface area contributed by atoms with E-state index in [1.54, 1.807) is 12.3 Å². The number of carbonyl (C=O) groups excluding carboxylic acids is 1. The van der Waals surface area contributed by atoms with Crippen LogP contribution in [0, 0.1) is 0 Å². The lowest BCUT2D eigenvalue weighted by Gasteiger charge is -2.35. The van der Waals surface area contributed by atoms with Gasteiger partial charge in [0.15, 0.2) is 0 Å². The van der Waals surface area contributed by atoms with Crippen molar-refractivity contribution in [2.45, 2.75) is 0 Å². The van der Waals surface area contributed by atoms with Crippen LogP contribution in [0.15, 0.2) is 40.9 Å². The molecule has 8 heteroatoms. The normalized spacial score (nSPS) is 15.0. The summed E-state index contributed by atoms with van der Waals surface area (Å²) >= 11 is 1.49. The Morgan fingerprint density at radius 2 is 1.96 bits per heavy atom. The Kier molecular flexibility index (Phi) is 3.73. The molecule has 1 saturated heterocycles. The van der Waals surface area contributed by atoms with Gasteiger partial charge in [-0.15, -0.1) is 11.3 Å². The van der Waals surface area contributed by atoms with Crippen LogP contribution < -0.4 is 10.5 Å². The minimum absolute atomic E-state index is 0.0500. The van der Waals surface area contributed by atoms with E-state index < -0.39 is 0 Å². The second-order valence-electron chi connectivity index (χ2n) is 5.55. The van der Waals surface area contributed by atoms with Gasteiger partial charge in [-0.2, -0.15) is 0 Å². The molecular weight excluding hydrogens is 326 g/mol. The van der Waals surface area contributed by atoms with E-state index in [2.05, 4.69) is 19.9 Å². The van der Waals surface area contributed by atoms with Crippen LogP contribution in [0.5, 0.6) is 0 Å².